The van der Waals surface area contributed by atoms with Gasteiger partial charge in [-0.15, -0.1) is 0 Å². The van der Waals surface area contributed by atoms with Gasteiger partial charge in [-0.3, -0.25) is 0 Å². The van der Waals surface area contributed by atoms with E-state index in [1.165, 1.54) is 0 Å². The molecule has 100 valence electrons. The summed E-state index contributed by atoms with van der Waals surface area (Å²) in [4.78, 5) is 8.24. The molecular weight excluding hydrogens is 282 g/mol. The maximum atomic E-state index is 13.8. The van der Waals surface area contributed by atoms with Crippen LogP contribution in [0, 0.1) is 18.6 Å². The largest absolute Gasteiger partial charge is 0.225 e. The summed E-state index contributed by atoms with van der Waals surface area (Å²) in [6.45, 7) is 1.96. The summed E-state index contributed by atoms with van der Waals surface area (Å²) < 4.78 is 27.0. The number of aryl methyl sites for hydroxylation is 1. The quantitative estimate of drug-likeness (QED) is 0.615. The minimum absolute atomic E-state index is 0.0157. The molecule has 3 rings (SSSR count). The lowest BCUT2D eigenvalue weighted by Gasteiger charge is -2.06. The monoisotopic (exact) mass is 290 g/mol. The van der Waals surface area contributed by atoms with Crippen molar-refractivity contribution in [1.82, 2.24) is 9.97 Å². The van der Waals surface area contributed by atoms with E-state index in [-0.39, 0.29) is 16.1 Å². The van der Waals surface area contributed by atoms with Gasteiger partial charge >= 0.3 is 0 Å². The predicted molar refractivity (Wildman–Crippen MR) is 74.6 cm³/mol. The molecule has 20 heavy (non-hydrogen) atoms. The van der Waals surface area contributed by atoms with Gasteiger partial charge in [0.1, 0.15) is 16.5 Å². The Labute approximate surface area is 119 Å². The van der Waals surface area contributed by atoms with Crippen LogP contribution in [0.15, 0.2) is 36.4 Å². The maximum Gasteiger partial charge on any atom is 0.161 e. The molecule has 0 bridgehead atoms. The van der Waals surface area contributed by atoms with Crippen molar-refractivity contribution >= 4 is 22.5 Å². The minimum atomic E-state index is -0.752. The van der Waals surface area contributed by atoms with E-state index in [1.54, 1.807) is 0 Å². The Balaban J connectivity index is 2.26. The van der Waals surface area contributed by atoms with Crippen molar-refractivity contribution in [2.75, 3.05) is 0 Å². The van der Waals surface area contributed by atoms with E-state index >= 15 is 0 Å². The number of fused-ring (bicyclic) bond motifs is 1. The van der Waals surface area contributed by atoms with Crippen LogP contribution in [0.25, 0.3) is 22.3 Å². The molecule has 0 spiro atoms. The number of halogens is 3. The summed E-state index contributed by atoms with van der Waals surface area (Å²) in [5.41, 5.74) is 1.83. The van der Waals surface area contributed by atoms with Crippen molar-refractivity contribution in [3.63, 3.8) is 0 Å². The van der Waals surface area contributed by atoms with E-state index in [9.17, 15) is 8.78 Å². The highest BCUT2D eigenvalue weighted by atomic mass is 35.5. The molecule has 0 amide bonds. The van der Waals surface area contributed by atoms with Gasteiger partial charge in [-0.25, -0.2) is 18.7 Å². The summed E-state index contributed by atoms with van der Waals surface area (Å²) in [5.74, 6) is -1.14. The second-order valence-corrected chi connectivity index (χ2v) is 4.85. The molecule has 1 heterocycles. The van der Waals surface area contributed by atoms with Crippen LogP contribution in [0.3, 0.4) is 0 Å². The zero-order valence-electron chi connectivity index (χ0n) is 10.5. The van der Waals surface area contributed by atoms with Crippen LogP contribution in [-0.4, -0.2) is 9.97 Å². The van der Waals surface area contributed by atoms with Crippen molar-refractivity contribution in [1.29, 1.82) is 0 Å². The van der Waals surface area contributed by atoms with Crippen molar-refractivity contribution in [3.05, 3.63) is 58.7 Å². The second-order valence-electron chi connectivity index (χ2n) is 4.49. The van der Waals surface area contributed by atoms with Gasteiger partial charge in [0.05, 0.1) is 0 Å². The molecule has 2 nitrogen and oxygen atoms in total. The Kier molecular flexibility index (Phi) is 3.10. The number of nitrogens with zero attached hydrogens (tertiary/aromatic N) is 2. The van der Waals surface area contributed by atoms with Gasteiger partial charge in [0.15, 0.2) is 11.6 Å². The highest BCUT2D eigenvalue weighted by Crippen LogP contribution is 2.27. The Morgan fingerprint density at radius 2 is 1.70 bits per heavy atom. The first-order valence-corrected chi connectivity index (χ1v) is 6.32. The molecule has 0 atom stereocenters. The Morgan fingerprint density at radius 1 is 1.00 bits per heavy atom. The zero-order chi connectivity index (χ0) is 14.3. The first-order chi connectivity index (χ1) is 9.54. The highest BCUT2D eigenvalue weighted by molar-refractivity contribution is 6.34. The first kappa shape index (κ1) is 12.9. The summed E-state index contributed by atoms with van der Waals surface area (Å²) in [7, 11) is 0. The van der Waals surface area contributed by atoms with Gasteiger partial charge in [-0.05, 0) is 13.0 Å². The molecule has 0 saturated heterocycles. The molecular formula is C15H9ClF2N2. The molecule has 5 heteroatoms. The summed E-state index contributed by atoms with van der Waals surface area (Å²) in [6.07, 6.45) is 0. The van der Waals surface area contributed by atoms with E-state index in [0.717, 1.165) is 23.3 Å². The lowest BCUT2D eigenvalue weighted by Crippen LogP contribution is -1.95. The third-order valence-corrected chi connectivity index (χ3v) is 3.27. The fourth-order valence-corrected chi connectivity index (χ4v) is 2.18. The van der Waals surface area contributed by atoms with Crippen molar-refractivity contribution in [2.24, 2.45) is 0 Å². The van der Waals surface area contributed by atoms with Crippen LogP contribution in [-0.2, 0) is 0 Å². The standard InChI is InChI=1S/C15H9ClF2N2/c1-8-2-4-9(5-3-8)15-19-13-11(14(16)20-15)6-10(17)7-12(13)18/h2-7H,1H3. The Morgan fingerprint density at radius 3 is 2.40 bits per heavy atom. The number of hydrogen-bond acceptors (Lipinski definition) is 2. The topological polar surface area (TPSA) is 25.8 Å². The van der Waals surface area contributed by atoms with Crippen LogP contribution in [0.1, 0.15) is 5.56 Å². The van der Waals surface area contributed by atoms with E-state index in [1.807, 2.05) is 31.2 Å². The molecule has 0 fully saturated rings. The third kappa shape index (κ3) is 2.23. The van der Waals surface area contributed by atoms with Crippen LogP contribution in [0.2, 0.25) is 5.15 Å². The number of benzene rings is 2. The molecule has 2 aromatic carbocycles. The molecule has 0 aliphatic rings. The molecule has 0 saturated carbocycles. The van der Waals surface area contributed by atoms with Gasteiger partial charge in [-0.2, -0.15) is 0 Å². The SMILES string of the molecule is Cc1ccc(-c2nc(Cl)c3cc(F)cc(F)c3n2)cc1. The predicted octanol–water partition coefficient (Wildman–Crippen LogP) is 4.54. The van der Waals surface area contributed by atoms with Gasteiger partial charge < -0.3 is 0 Å². The lowest BCUT2D eigenvalue weighted by atomic mass is 10.1. The number of hydrogen-bond donors (Lipinski definition) is 0. The summed E-state index contributed by atoms with van der Waals surface area (Å²) >= 11 is 6.00. The fraction of sp³-hybridized carbons (Fsp3) is 0.0667. The fourth-order valence-electron chi connectivity index (χ4n) is 1.95. The van der Waals surface area contributed by atoms with Crippen molar-refractivity contribution in [2.45, 2.75) is 6.92 Å². The summed E-state index contributed by atoms with van der Waals surface area (Å²) in [5, 5.41) is 0.198. The average molecular weight is 291 g/mol. The van der Waals surface area contributed by atoms with Gasteiger partial charge in [-0.1, -0.05) is 41.4 Å². The zero-order valence-corrected chi connectivity index (χ0v) is 11.2. The van der Waals surface area contributed by atoms with Crippen LogP contribution >= 0.6 is 11.6 Å². The van der Waals surface area contributed by atoms with Crippen LogP contribution in [0.4, 0.5) is 8.78 Å². The average Bonchev–Trinajstić information content (AvgIpc) is 2.40. The Bertz CT molecular complexity index is 801. The smallest absolute Gasteiger partial charge is 0.161 e. The van der Waals surface area contributed by atoms with Gasteiger partial charge in [0, 0.05) is 17.0 Å². The van der Waals surface area contributed by atoms with E-state index in [4.69, 9.17) is 11.6 Å². The third-order valence-electron chi connectivity index (χ3n) is 2.98. The summed E-state index contributed by atoms with van der Waals surface area (Å²) in [6, 6.07) is 9.36. The van der Waals surface area contributed by atoms with Crippen LogP contribution < -0.4 is 0 Å². The minimum Gasteiger partial charge on any atom is -0.225 e. The molecule has 0 aliphatic heterocycles. The normalized spacial score (nSPS) is 11.0. The molecule has 1 aromatic heterocycles. The second kappa shape index (κ2) is 4.80. The number of aromatic nitrogens is 2. The first-order valence-electron chi connectivity index (χ1n) is 5.94. The van der Waals surface area contributed by atoms with Gasteiger partial charge in [0.2, 0.25) is 0 Å². The molecule has 0 aliphatic carbocycles. The Hall–Kier alpha value is -2.07. The lowest BCUT2D eigenvalue weighted by molar-refractivity contribution is 0.590. The van der Waals surface area contributed by atoms with E-state index in [0.29, 0.717) is 5.82 Å². The van der Waals surface area contributed by atoms with Crippen molar-refractivity contribution < 1.29 is 8.78 Å². The molecule has 3 aromatic rings. The van der Waals surface area contributed by atoms with E-state index in [2.05, 4.69) is 9.97 Å². The van der Waals surface area contributed by atoms with Crippen LogP contribution in [0.5, 0.6) is 0 Å². The van der Waals surface area contributed by atoms with Crippen molar-refractivity contribution in [3.8, 4) is 11.4 Å². The van der Waals surface area contributed by atoms with E-state index < -0.39 is 11.6 Å². The highest BCUT2D eigenvalue weighted by Gasteiger charge is 2.13. The molecule has 0 N–H and O–H groups in total. The maximum absolute atomic E-state index is 13.8. The molecule has 0 radical (unpaired) electrons. The molecule has 0 unspecified atom stereocenters. The van der Waals surface area contributed by atoms with Gasteiger partial charge in [0.25, 0.3) is 0 Å². The number of rotatable bonds is 1.